The molecule has 0 amide bonds. The maximum absolute atomic E-state index is 5.85. The fourth-order valence-electron chi connectivity index (χ4n) is 1.66. The van der Waals surface area contributed by atoms with Crippen LogP contribution < -0.4 is 11.5 Å². The van der Waals surface area contributed by atoms with Crippen molar-refractivity contribution in [3.05, 3.63) is 35.5 Å². The molecule has 0 bridgehead atoms. The SMILES string of the molecule is Cc1cccc2cc([C@H](N)CN)[nH]c12. The van der Waals surface area contributed by atoms with Crippen LogP contribution >= 0.6 is 0 Å². The Bertz CT molecular complexity index is 445. The largest absolute Gasteiger partial charge is 0.357 e. The molecule has 3 nitrogen and oxygen atoms in total. The number of aryl methyl sites for hydroxylation is 1. The Kier molecular flexibility index (Phi) is 2.27. The van der Waals surface area contributed by atoms with Gasteiger partial charge in [0, 0.05) is 17.8 Å². The molecule has 14 heavy (non-hydrogen) atoms. The van der Waals surface area contributed by atoms with Crippen molar-refractivity contribution in [3.63, 3.8) is 0 Å². The van der Waals surface area contributed by atoms with Crippen molar-refractivity contribution in [1.82, 2.24) is 4.98 Å². The number of aromatic amines is 1. The Morgan fingerprint density at radius 2 is 2.21 bits per heavy atom. The Morgan fingerprint density at radius 1 is 1.43 bits per heavy atom. The Morgan fingerprint density at radius 3 is 2.86 bits per heavy atom. The topological polar surface area (TPSA) is 67.8 Å². The zero-order chi connectivity index (χ0) is 10.1. The predicted octanol–water partition coefficient (Wildman–Crippen LogP) is 1.43. The van der Waals surface area contributed by atoms with Crippen LogP contribution in [0.5, 0.6) is 0 Å². The van der Waals surface area contributed by atoms with Crippen LogP contribution in [0.15, 0.2) is 24.3 Å². The molecular weight excluding hydrogens is 174 g/mol. The molecule has 0 radical (unpaired) electrons. The van der Waals surface area contributed by atoms with E-state index < -0.39 is 0 Å². The van der Waals surface area contributed by atoms with Gasteiger partial charge in [0.15, 0.2) is 0 Å². The van der Waals surface area contributed by atoms with Gasteiger partial charge in [0.25, 0.3) is 0 Å². The van der Waals surface area contributed by atoms with Gasteiger partial charge in [-0.2, -0.15) is 0 Å². The first-order chi connectivity index (χ1) is 6.72. The van der Waals surface area contributed by atoms with Gasteiger partial charge in [-0.15, -0.1) is 0 Å². The first-order valence-corrected chi connectivity index (χ1v) is 4.76. The first-order valence-electron chi connectivity index (χ1n) is 4.76. The number of rotatable bonds is 2. The monoisotopic (exact) mass is 189 g/mol. The minimum Gasteiger partial charge on any atom is -0.357 e. The van der Waals surface area contributed by atoms with Gasteiger partial charge in [0.1, 0.15) is 0 Å². The van der Waals surface area contributed by atoms with Crippen molar-refractivity contribution >= 4 is 10.9 Å². The maximum Gasteiger partial charge on any atom is 0.0572 e. The van der Waals surface area contributed by atoms with Crippen LogP contribution in [0.2, 0.25) is 0 Å². The van der Waals surface area contributed by atoms with Crippen molar-refractivity contribution in [2.45, 2.75) is 13.0 Å². The molecule has 2 rings (SSSR count). The molecule has 0 aliphatic heterocycles. The Hall–Kier alpha value is -1.32. The van der Waals surface area contributed by atoms with Gasteiger partial charge < -0.3 is 16.5 Å². The van der Waals surface area contributed by atoms with Crippen molar-refractivity contribution in [1.29, 1.82) is 0 Å². The summed E-state index contributed by atoms with van der Waals surface area (Å²) < 4.78 is 0. The summed E-state index contributed by atoms with van der Waals surface area (Å²) in [5, 5.41) is 1.20. The fraction of sp³-hybridized carbons (Fsp3) is 0.273. The van der Waals surface area contributed by atoms with E-state index in [0.29, 0.717) is 6.54 Å². The van der Waals surface area contributed by atoms with Crippen molar-refractivity contribution < 1.29 is 0 Å². The van der Waals surface area contributed by atoms with E-state index >= 15 is 0 Å². The first kappa shape index (κ1) is 9.24. The molecule has 1 aromatic carbocycles. The summed E-state index contributed by atoms with van der Waals surface area (Å²) in [7, 11) is 0. The summed E-state index contributed by atoms with van der Waals surface area (Å²) in [5.41, 5.74) is 14.8. The summed E-state index contributed by atoms with van der Waals surface area (Å²) in [6, 6.07) is 8.17. The number of hydrogen-bond acceptors (Lipinski definition) is 2. The van der Waals surface area contributed by atoms with E-state index in [4.69, 9.17) is 11.5 Å². The van der Waals surface area contributed by atoms with E-state index in [9.17, 15) is 0 Å². The smallest absolute Gasteiger partial charge is 0.0572 e. The number of fused-ring (bicyclic) bond motifs is 1. The van der Waals surface area contributed by atoms with Crippen LogP contribution in [0.4, 0.5) is 0 Å². The molecule has 5 N–H and O–H groups in total. The van der Waals surface area contributed by atoms with Crippen LogP contribution in [-0.2, 0) is 0 Å². The highest BCUT2D eigenvalue weighted by molar-refractivity contribution is 5.83. The minimum atomic E-state index is -0.0956. The van der Waals surface area contributed by atoms with Gasteiger partial charge in [-0.05, 0) is 23.9 Å². The lowest BCUT2D eigenvalue weighted by atomic mass is 10.1. The van der Waals surface area contributed by atoms with Gasteiger partial charge in [-0.25, -0.2) is 0 Å². The normalized spacial score (nSPS) is 13.4. The van der Waals surface area contributed by atoms with Crippen LogP contribution in [0.1, 0.15) is 17.3 Å². The average molecular weight is 189 g/mol. The molecule has 0 aliphatic carbocycles. The zero-order valence-electron chi connectivity index (χ0n) is 8.25. The molecule has 0 aliphatic rings. The molecule has 1 heterocycles. The number of aromatic nitrogens is 1. The molecule has 1 atom stereocenters. The van der Waals surface area contributed by atoms with Crippen LogP contribution in [0.3, 0.4) is 0 Å². The maximum atomic E-state index is 5.85. The molecule has 1 aromatic heterocycles. The lowest BCUT2D eigenvalue weighted by molar-refractivity contribution is 0.718. The second-order valence-corrected chi connectivity index (χ2v) is 3.61. The summed E-state index contributed by atoms with van der Waals surface area (Å²) in [6.45, 7) is 2.54. The Balaban J connectivity index is 2.56. The number of nitrogens with one attached hydrogen (secondary N) is 1. The van der Waals surface area contributed by atoms with E-state index in [2.05, 4.69) is 30.1 Å². The Labute approximate surface area is 83.1 Å². The number of para-hydroxylation sites is 1. The number of nitrogens with two attached hydrogens (primary N) is 2. The second kappa shape index (κ2) is 3.44. The lowest BCUT2D eigenvalue weighted by Crippen LogP contribution is -2.20. The standard InChI is InChI=1S/C11H15N3/c1-7-3-2-4-8-5-10(9(13)6-12)14-11(7)8/h2-5,9,14H,6,12-13H2,1H3/t9-/m1/s1. The molecule has 0 saturated carbocycles. The molecule has 0 spiro atoms. The third kappa shape index (κ3) is 1.41. The number of hydrogen-bond donors (Lipinski definition) is 3. The molecule has 0 saturated heterocycles. The predicted molar refractivity (Wildman–Crippen MR) is 59.0 cm³/mol. The van der Waals surface area contributed by atoms with Crippen molar-refractivity contribution in [3.8, 4) is 0 Å². The number of benzene rings is 1. The molecule has 0 unspecified atom stereocenters. The van der Waals surface area contributed by atoms with Gasteiger partial charge in [0.05, 0.1) is 6.04 Å². The average Bonchev–Trinajstić information content (AvgIpc) is 2.62. The third-order valence-electron chi connectivity index (χ3n) is 2.54. The van der Waals surface area contributed by atoms with E-state index in [0.717, 1.165) is 11.2 Å². The van der Waals surface area contributed by atoms with Crippen LogP contribution in [-0.4, -0.2) is 11.5 Å². The molecule has 74 valence electrons. The molecule has 3 heteroatoms. The lowest BCUT2D eigenvalue weighted by Gasteiger charge is -2.04. The van der Waals surface area contributed by atoms with Crippen molar-refractivity contribution in [2.24, 2.45) is 11.5 Å². The molecular formula is C11H15N3. The zero-order valence-corrected chi connectivity index (χ0v) is 8.25. The van der Waals surface area contributed by atoms with Gasteiger partial charge in [-0.1, -0.05) is 18.2 Å². The minimum absolute atomic E-state index is 0.0956. The highest BCUT2D eigenvalue weighted by atomic mass is 14.8. The molecule has 2 aromatic rings. The van der Waals surface area contributed by atoms with E-state index in [1.54, 1.807) is 0 Å². The van der Waals surface area contributed by atoms with Crippen LogP contribution in [0.25, 0.3) is 10.9 Å². The molecule has 0 fully saturated rings. The third-order valence-corrected chi connectivity index (χ3v) is 2.54. The summed E-state index contributed by atoms with van der Waals surface area (Å²) in [6.07, 6.45) is 0. The van der Waals surface area contributed by atoms with Gasteiger partial charge in [0.2, 0.25) is 0 Å². The van der Waals surface area contributed by atoms with Gasteiger partial charge in [-0.3, -0.25) is 0 Å². The van der Waals surface area contributed by atoms with E-state index in [1.807, 2.05) is 6.07 Å². The van der Waals surface area contributed by atoms with Crippen LogP contribution in [0, 0.1) is 6.92 Å². The quantitative estimate of drug-likeness (QED) is 0.669. The summed E-state index contributed by atoms with van der Waals surface area (Å²) in [4.78, 5) is 3.31. The summed E-state index contributed by atoms with van der Waals surface area (Å²) >= 11 is 0. The number of H-pyrrole nitrogens is 1. The second-order valence-electron chi connectivity index (χ2n) is 3.61. The van der Waals surface area contributed by atoms with E-state index in [1.165, 1.54) is 10.9 Å². The fourth-order valence-corrected chi connectivity index (χ4v) is 1.66. The van der Waals surface area contributed by atoms with Gasteiger partial charge >= 0.3 is 0 Å². The van der Waals surface area contributed by atoms with E-state index in [-0.39, 0.29) is 6.04 Å². The van der Waals surface area contributed by atoms with Crippen molar-refractivity contribution in [2.75, 3.05) is 6.54 Å². The highest BCUT2D eigenvalue weighted by Gasteiger charge is 2.07. The summed E-state index contributed by atoms with van der Waals surface area (Å²) in [5.74, 6) is 0. The highest BCUT2D eigenvalue weighted by Crippen LogP contribution is 2.21.